The van der Waals surface area contributed by atoms with Crippen molar-refractivity contribution >= 4 is 5.97 Å². The lowest BCUT2D eigenvalue weighted by Gasteiger charge is -2.12. The monoisotopic (exact) mass is 223 g/mol. The zero-order valence-corrected chi connectivity index (χ0v) is 8.46. The van der Waals surface area contributed by atoms with Gasteiger partial charge in [-0.2, -0.15) is 0 Å². The molecule has 88 valence electrons. The van der Waals surface area contributed by atoms with Crippen LogP contribution in [0.2, 0.25) is 0 Å². The molecule has 0 aromatic rings. The molecule has 0 rings (SSSR count). The lowest BCUT2D eigenvalue weighted by molar-refractivity contribution is -0.132. The van der Waals surface area contributed by atoms with E-state index in [9.17, 15) is 13.6 Å². The topological polar surface area (TPSA) is 69.6 Å². The Hall–Kier alpha value is -1.01. The van der Waals surface area contributed by atoms with Crippen LogP contribution in [0.4, 0.5) is 8.78 Å². The summed E-state index contributed by atoms with van der Waals surface area (Å²) in [5.74, 6) is -4.21. The van der Waals surface area contributed by atoms with Crippen LogP contribution in [0.25, 0.3) is 0 Å². The first-order valence-corrected chi connectivity index (χ1v) is 4.54. The Morgan fingerprint density at radius 1 is 1.53 bits per heavy atom. The second-order valence-corrected chi connectivity index (χ2v) is 3.03. The van der Waals surface area contributed by atoms with Gasteiger partial charge in [0.25, 0.3) is 5.92 Å². The molecule has 0 aromatic heterocycles. The van der Waals surface area contributed by atoms with Gasteiger partial charge >= 0.3 is 5.97 Å². The van der Waals surface area contributed by atoms with E-state index in [2.05, 4.69) is 5.32 Å². The van der Waals surface area contributed by atoms with Crippen LogP contribution >= 0.6 is 0 Å². The minimum Gasteiger partial charge on any atom is -0.478 e. The summed E-state index contributed by atoms with van der Waals surface area (Å²) in [6.07, 6.45) is 1.68. The fraction of sp³-hybridized carbons (Fsp3) is 0.667. The van der Waals surface area contributed by atoms with Crippen molar-refractivity contribution in [3.63, 3.8) is 0 Å². The number of hydrogen-bond donors (Lipinski definition) is 3. The largest absolute Gasteiger partial charge is 0.478 e. The van der Waals surface area contributed by atoms with Crippen LogP contribution in [0.3, 0.4) is 0 Å². The number of nitrogens with one attached hydrogen (secondary N) is 1. The zero-order chi connectivity index (χ0) is 11.9. The summed E-state index contributed by atoms with van der Waals surface area (Å²) in [5.41, 5.74) is 0.176. The molecule has 0 amide bonds. The second-order valence-electron chi connectivity index (χ2n) is 3.03. The highest BCUT2D eigenvalue weighted by molar-refractivity contribution is 5.86. The third kappa shape index (κ3) is 6.14. The number of hydrogen-bond acceptors (Lipinski definition) is 3. The maximum atomic E-state index is 12.5. The highest BCUT2D eigenvalue weighted by atomic mass is 19.3. The maximum Gasteiger partial charge on any atom is 0.331 e. The summed E-state index contributed by atoms with van der Waals surface area (Å²) in [4.78, 5) is 10.5. The Morgan fingerprint density at radius 2 is 2.13 bits per heavy atom. The van der Waals surface area contributed by atoms with Crippen molar-refractivity contribution in [2.45, 2.75) is 19.3 Å². The zero-order valence-electron chi connectivity index (χ0n) is 8.46. The number of aliphatic hydroxyl groups excluding tert-OH is 1. The Labute approximate surface area is 86.6 Å². The molecule has 3 N–H and O–H groups in total. The van der Waals surface area contributed by atoms with Crippen LogP contribution in [0, 0.1) is 0 Å². The molecule has 0 saturated carbocycles. The Balaban J connectivity index is 3.92. The Morgan fingerprint density at radius 3 is 2.53 bits per heavy atom. The van der Waals surface area contributed by atoms with Gasteiger partial charge in [0.15, 0.2) is 0 Å². The number of aliphatic carboxylic acids is 1. The molecule has 6 heteroatoms. The minimum atomic E-state index is -3.16. The molecule has 0 aromatic carbocycles. The van der Waals surface area contributed by atoms with E-state index < -0.39 is 25.0 Å². The molecule has 0 aliphatic rings. The predicted molar refractivity (Wildman–Crippen MR) is 50.9 cm³/mol. The minimum absolute atomic E-state index is 0.0467. The van der Waals surface area contributed by atoms with Gasteiger partial charge in [-0.05, 0) is 6.42 Å². The summed E-state index contributed by atoms with van der Waals surface area (Å²) in [5, 5.41) is 19.2. The van der Waals surface area contributed by atoms with Crippen LogP contribution in [-0.4, -0.2) is 41.8 Å². The average Bonchev–Trinajstić information content (AvgIpc) is 2.17. The van der Waals surface area contributed by atoms with Crippen molar-refractivity contribution in [1.82, 2.24) is 5.32 Å². The van der Waals surface area contributed by atoms with E-state index in [0.717, 1.165) is 0 Å². The molecule has 4 nitrogen and oxygen atoms in total. The van der Waals surface area contributed by atoms with Crippen molar-refractivity contribution < 1.29 is 23.8 Å². The van der Waals surface area contributed by atoms with E-state index in [-0.39, 0.29) is 12.1 Å². The van der Waals surface area contributed by atoms with Gasteiger partial charge in [0.2, 0.25) is 0 Å². The van der Waals surface area contributed by atoms with Crippen LogP contribution in [0.15, 0.2) is 11.6 Å². The van der Waals surface area contributed by atoms with Gasteiger partial charge in [0.05, 0.1) is 6.54 Å². The molecule has 0 fully saturated rings. The quantitative estimate of drug-likeness (QED) is 0.437. The van der Waals surface area contributed by atoms with Crippen molar-refractivity contribution in [3.05, 3.63) is 11.6 Å². The maximum absolute atomic E-state index is 12.5. The molecular formula is C9H15F2NO3. The molecule has 0 aliphatic carbocycles. The van der Waals surface area contributed by atoms with Gasteiger partial charge in [-0.1, -0.05) is 13.0 Å². The number of carboxylic acids is 1. The summed E-state index contributed by atoms with van der Waals surface area (Å²) in [6, 6.07) is 0. The van der Waals surface area contributed by atoms with Crippen molar-refractivity contribution in [1.29, 1.82) is 0 Å². The fourth-order valence-electron chi connectivity index (χ4n) is 0.889. The summed E-state index contributed by atoms with van der Waals surface area (Å²) in [7, 11) is 0. The first kappa shape index (κ1) is 14.0. The highest BCUT2D eigenvalue weighted by Crippen LogP contribution is 2.09. The van der Waals surface area contributed by atoms with Gasteiger partial charge in [-0.25, -0.2) is 13.6 Å². The fourth-order valence-corrected chi connectivity index (χ4v) is 0.889. The number of alkyl halides is 2. The molecular weight excluding hydrogens is 208 g/mol. The van der Waals surface area contributed by atoms with Crippen molar-refractivity contribution in [2.75, 3.05) is 19.7 Å². The average molecular weight is 223 g/mol. The molecule has 0 saturated heterocycles. The second kappa shape index (κ2) is 6.47. The first-order valence-electron chi connectivity index (χ1n) is 4.54. The highest BCUT2D eigenvalue weighted by Gasteiger charge is 2.26. The molecule has 0 aliphatic heterocycles. The summed E-state index contributed by atoms with van der Waals surface area (Å²) >= 11 is 0. The lowest BCUT2D eigenvalue weighted by Crippen LogP contribution is -2.36. The SMILES string of the molecule is CCC(=CCNCC(F)(F)CO)C(=O)O. The van der Waals surface area contributed by atoms with Crippen molar-refractivity contribution in [3.8, 4) is 0 Å². The third-order valence-electron chi connectivity index (χ3n) is 1.76. The first-order chi connectivity index (χ1) is 6.93. The lowest BCUT2D eigenvalue weighted by atomic mass is 10.2. The van der Waals surface area contributed by atoms with Crippen LogP contribution in [-0.2, 0) is 4.79 Å². The Kier molecular flexibility index (Phi) is 6.03. The number of carbonyl (C=O) groups is 1. The van der Waals surface area contributed by atoms with E-state index in [1.54, 1.807) is 6.92 Å². The third-order valence-corrected chi connectivity index (χ3v) is 1.76. The number of rotatable bonds is 7. The number of carboxylic acid groups (broad SMARTS) is 1. The van der Waals surface area contributed by atoms with Gasteiger partial charge in [-0.3, -0.25) is 0 Å². The van der Waals surface area contributed by atoms with Crippen LogP contribution < -0.4 is 5.32 Å². The number of halogens is 2. The van der Waals surface area contributed by atoms with E-state index in [0.29, 0.717) is 6.42 Å². The Bertz CT molecular complexity index is 242. The molecule has 0 bridgehead atoms. The molecule has 0 atom stereocenters. The van der Waals surface area contributed by atoms with E-state index in [1.807, 2.05) is 0 Å². The van der Waals surface area contributed by atoms with Gasteiger partial charge in [0.1, 0.15) is 6.61 Å². The molecule has 0 spiro atoms. The normalized spacial score (nSPS) is 12.9. The smallest absolute Gasteiger partial charge is 0.331 e. The van der Waals surface area contributed by atoms with Crippen molar-refractivity contribution in [2.24, 2.45) is 0 Å². The standard InChI is InChI=1S/C9H15F2NO3/c1-2-7(8(14)15)3-4-12-5-9(10,11)6-13/h3,12-13H,2,4-6H2,1H3,(H,14,15). The van der Waals surface area contributed by atoms with E-state index in [4.69, 9.17) is 10.2 Å². The number of aliphatic hydroxyl groups is 1. The molecule has 0 radical (unpaired) electrons. The van der Waals surface area contributed by atoms with Crippen LogP contribution in [0.5, 0.6) is 0 Å². The van der Waals surface area contributed by atoms with Gasteiger partial charge in [0, 0.05) is 12.1 Å². The summed E-state index contributed by atoms with van der Waals surface area (Å²) in [6.45, 7) is -0.173. The van der Waals surface area contributed by atoms with Gasteiger partial charge in [-0.15, -0.1) is 0 Å². The predicted octanol–water partition coefficient (Wildman–Crippen LogP) is 0.625. The molecule has 0 heterocycles. The van der Waals surface area contributed by atoms with E-state index in [1.165, 1.54) is 6.08 Å². The van der Waals surface area contributed by atoms with Gasteiger partial charge < -0.3 is 15.5 Å². The molecule has 15 heavy (non-hydrogen) atoms. The van der Waals surface area contributed by atoms with E-state index >= 15 is 0 Å². The summed E-state index contributed by atoms with van der Waals surface area (Å²) < 4.78 is 24.9. The van der Waals surface area contributed by atoms with Crippen LogP contribution in [0.1, 0.15) is 13.3 Å². The molecule has 0 unspecified atom stereocenters.